The molecule has 1 unspecified atom stereocenters. The van der Waals surface area contributed by atoms with Gasteiger partial charge in [0.1, 0.15) is 0 Å². The fourth-order valence-corrected chi connectivity index (χ4v) is 3.48. The van der Waals surface area contributed by atoms with Gasteiger partial charge in [-0.25, -0.2) is 0 Å². The van der Waals surface area contributed by atoms with E-state index in [9.17, 15) is 0 Å². The van der Waals surface area contributed by atoms with E-state index in [1.165, 1.54) is 44.9 Å². The third-order valence-electron chi connectivity index (χ3n) is 2.29. The van der Waals surface area contributed by atoms with Gasteiger partial charge in [-0.15, -0.1) is 0 Å². The average molecular weight is 243 g/mol. The first-order chi connectivity index (χ1) is 6.22. The van der Waals surface area contributed by atoms with Crippen LogP contribution in [0.15, 0.2) is 0 Å². The number of halogens is 2. The molecule has 0 aliphatic heterocycles. The highest BCUT2D eigenvalue weighted by atomic mass is 35.9. The molecule has 0 aromatic carbocycles. The van der Waals surface area contributed by atoms with Crippen molar-refractivity contribution in [1.29, 1.82) is 0 Å². The molecule has 0 aromatic rings. The molecule has 1 atom stereocenters. The van der Waals surface area contributed by atoms with E-state index in [2.05, 4.69) is 13.8 Å². The Hall–Kier alpha value is 1.01. The monoisotopic (exact) mass is 242 g/mol. The summed E-state index contributed by atoms with van der Waals surface area (Å²) in [6, 6.07) is 0. The van der Waals surface area contributed by atoms with E-state index in [1.54, 1.807) is 0 Å². The summed E-state index contributed by atoms with van der Waals surface area (Å²) < 4.78 is 0. The third kappa shape index (κ3) is 8.03. The zero-order valence-electron chi connectivity index (χ0n) is 8.73. The molecule has 0 N–H and O–H groups in total. The Balaban J connectivity index is 3.45. The Bertz CT molecular complexity index is 107. The second-order valence-corrected chi connectivity index (χ2v) is 7.50. The van der Waals surface area contributed by atoms with Crippen molar-refractivity contribution < 1.29 is 0 Å². The molecular weight excluding hydrogens is 222 g/mol. The van der Waals surface area contributed by atoms with Crippen molar-refractivity contribution >= 4 is 29.1 Å². The Kier molecular flexibility index (Phi) is 10.3. The first-order valence-electron chi connectivity index (χ1n) is 5.33. The van der Waals surface area contributed by atoms with Crippen LogP contribution in [0.3, 0.4) is 0 Å². The van der Waals surface area contributed by atoms with Crippen molar-refractivity contribution in [2.24, 2.45) is 0 Å². The van der Waals surface area contributed by atoms with Crippen LogP contribution in [-0.4, -0.2) is 5.66 Å². The van der Waals surface area contributed by atoms with E-state index in [1.807, 2.05) is 0 Å². The summed E-state index contributed by atoms with van der Waals surface area (Å²) in [6.45, 7) is 3.69. The van der Waals surface area contributed by atoms with Crippen molar-refractivity contribution in [3.05, 3.63) is 0 Å². The summed E-state index contributed by atoms with van der Waals surface area (Å²) in [5, 5.41) is 0. The van der Waals surface area contributed by atoms with E-state index in [4.69, 9.17) is 22.5 Å². The van der Waals surface area contributed by atoms with E-state index >= 15 is 0 Å². The third-order valence-corrected chi connectivity index (χ3v) is 5.01. The molecule has 0 heterocycles. The van der Waals surface area contributed by atoms with Crippen LogP contribution in [-0.2, 0) is 0 Å². The summed E-state index contributed by atoms with van der Waals surface area (Å²) in [6.07, 6.45) is 8.93. The maximum atomic E-state index is 5.97. The van der Waals surface area contributed by atoms with E-state index in [0.29, 0.717) is 5.66 Å². The predicted octanol–water partition coefficient (Wildman–Crippen LogP) is 5.92. The predicted molar refractivity (Wildman–Crippen MR) is 66.1 cm³/mol. The van der Waals surface area contributed by atoms with Crippen LogP contribution in [0.4, 0.5) is 0 Å². The average Bonchev–Trinajstić information content (AvgIpc) is 2.10. The van der Waals surface area contributed by atoms with Crippen LogP contribution in [0.1, 0.15) is 58.8 Å². The van der Waals surface area contributed by atoms with Gasteiger partial charge in [0.05, 0.1) is 6.63 Å². The van der Waals surface area contributed by atoms with Crippen LogP contribution in [0.2, 0.25) is 0 Å². The lowest BCUT2D eigenvalue weighted by atomic mass is 10.1. The molecule has 3 heteroatoms. The fraction of sp³-hybridized carbons (Fsp3) is 1.00. The van der Waals surface area contributed by atoms with Crippen LogP contribution in [0.5, 0.6) is 0 Å². The number of rotatable bonds is 8. The smallest absolute Gasteiger partial charge is 0.0778 e. The Morgan fingerprint density at radius 2 is 1.62 bits per heavy atom. The highest BCUT2D eigenvalue weighted by Gasteiger charge is 2.15. The van der Waals surface area contributed by atoms with Gasteiger partial charge in [0.25, 0.3) is 0 Å². The lowest BCUT2D eigenvalue weighted by Gasteiger charge is -2.15. The molecule has 0 spiro atoms. The largest absolute Gasteiger partial charge is 0.0886 e. The molecule has 13 heavy (non-hydrogen) atoms. The SMILES string of the molecule is CCCCCCC(CCC)P(Cl)Cl. The standard InChI is InChI=1S/C10H21Cl2P/c1-3-5-6-7-9-10(8-4-2)13(11)12/h10H,3-9H2,1-2H3. The van der Waals surface area contributed by atoms with Crippen molar-refractivity contribution in [2.45, 2.75) is 64.5 Å². The highest BCUT2D eigenvalue weighted by Crippen LogP contribution is 2.54. The molecule has 0 nitrogen and oxygen atoms in total. The van der Waals surface area contributed by atoms with E-state index in [0.717, 1.165) is 0 Å². The zero-order chi connectivity index (χ0) is 10.1. The first kappa shape index (κ1) is 14.0. The summed E-state index contributed by atoms with van der Waals surface area (Å²) in [5.41, 5.74) is 0.584. The molecule has 0 saturated carbocycles. The normalized spacial score (nSPS) is 13.6. The molecule has 80 valence electrons. The number of hydrogen-bond donors (Lipinski definition) is 0. The zero-order valence-corrected chi connectivity index (χ0v) is 11.1. The minimum Gasteiger partial charge on any atom is -0.0778 e. The van der Waals surface area contributed by atoms with Crippen molar-refractivity contribution in [3.8, 4) is 0 Å². The van der Waals surface area contributed by atoms with Gasteiger partial charge < -0.3 is 0 Å². The number of unbranched alkanes of at least 4 members (excludes halogenated alkanes) is 3. The maximum absolute atomic E-state index is 5.97. The van der Waals surface area contributed by atoms with Crippen molar-refractivity contribution in [1.82, 2.24) is 0 Å². The second-order valence-electron chi connectivity index (χ2n) is 3.55. The molecule has 0 saturated heterocycles. The molecule has 0 aliphatic carbocycles. The topological polar surface area (TPSA) is 0 Å². The van der Waals surface area contributed by atoms with Crippen molar-refractivity contribution in [3.63, 3.8) is 0 Å². The summed E-state index contributed by atoms with van der Waals surface area (Å²) in [7, 11) is 0. The van der Waals surface area contributed by atoms with Gasteiger partial charge in [0.2, 0.25) is 0 Å². The highest BCUT2D eigenvalue weighted by molar-refractivity contribution is 8.04. The van der Waals surface area contributed by atoms with Crippen molar-refractivity contribution in [2.75, 3.05) is 0 Å². The lowest BCUT2D eigenvalue weighted by Crippen LogP contribution is -2.00. The van der Waals surface area contributed by atoms with Gasteiger partial charge in [-0.2, -0.15) is 0 Å². The van der Waals surface area contributed by atoms with Gasteiger partial charge in [-0.05, 0) is 12.8 Å². The fourth-order valence-electron chi connectivity index (χ4n) is 1.48. The van der Waals surface area contributed by atoms with E-state index in [-0.39, 0.29) is 0 Å². The van der Waals surface area contributed by atoms with Crippen LogP contribution < -0.4 is 0 Å². The van der Waals surface area contributed by atoms with Gasteiger partial charge in [0.15, 0.2) is 0 Å². The van der Waals surface area contributed by atoms with Crippen LogP contribution >= 0.6 is 29.1 Å². The summed E-state index contributed by atoms with van der Waals surface area (Å²) in [4.78, 5) is 0. The molecule has 0 amide bonds. The molecule has 0 aromatic heterocycles. The summed E-state index contributed by atoms with van der Waals surface area (Å²) in [5.74, 6) is 0. The minimum atomic E-state index is -0.746. The Morgan fingerprint density at radius 1 is 0.923 bits per heavy atom. The van der Waals surface area contributed by atoms with Gasteiger partial charge in [-0.3, -0.25) is 0 Å². The van der Waals surface area contributed by atoms with Gasteiger partial charge in [-0.1, -0.05) is 68.4 Å². The van der Waals surface area contributed by atoms with Gasteiger partial charge >= 0.3 is 0 Å². The number of hydrogen-bond acceptors (Lipinski definition) is 0. The molecule has 0 fully saturated rings. The molecule has 0 rings (SSSR count). The second kappa shape index (κ2) is 9.56. The van der Waals surface area contributed by atoms with Crippen LogP contribution in [0.25, 0.3) is 0 Å². The quantitative estimate of drug-likeness (QED) is 0.367. The minimum absolute atomic E-state index is 0.584. The summed E-state index contributed by atoms with van der Waals surface area (Å²) >= 11 is 11.9. The molecule has 0 aliphatic rings. The molecule has 0 radical (unpaired) electrons. The maximum Gasteiger partial charge on any atom is 0.0886 e. The van der Waals surface area contributed by atoms with E-state index < -0.39 is 6.63 Å². The molecule has 0 bridgehead atoms. The van der Waals surface area contributed by atoms with Crippen LogP contribution in [0, 0.1) is 0 Å². The Labute approximate surface area is 93.7 Å². The Morgan fingerprint density at radius 3 is 2.08 bits per heavy atom. The lowest BCUT2D eigenvalue weighted by molar-refractivity contribution is 0.594. The van der Waals surface area contributed by atoms with Gasteiger partial charge in [0, 0.05) is 5.66 Å². The molecular formula is C10H21Cl2P. The first-order valence-corrected chi connectivity index (χ1v) is 8.55.